The second-order valence-electron chi connectivity index (χ2n) is 4.03. The molecular formula is C15H15FO3. The van der Waals surface area contributed by atoms with Crippen LogP contribution in [0.1, 0.15) is 11.7 Å². The van der Waals surface area contributed by atoms with Crippen LogP contribution in [0.5, 0.6) is 11.5 Å². The van der Waals surface area contributed by atoms with Gasteiger partial charge in [-0.2, -0.15) is 0 Å². The van der Waals surface area contributed by atoms with Crippen LogP contribution in [0.4, 0.5) is 4.39 Å². The summed E-state index contributed by atoms with van der Waals surface area (Å²) >= 11 is 0. The van der Waals surface area contributed by atoms with Crippen LogP contribution in [0.25, 0.3) is 0 Å². The first-order valence-electron chi connectivity index (χ1n) is 5.90. The molecule has 0 aliphatic carbocycles. The van der Waals surface area contributed by atoms with Gasteiger partial charge in [0.15, 0.2) is 0 Å². The van der Waals surface area contributed by atoms with Crippen LogP contribution < -0.4 is 9.47 Å². The molecule has 0 saturated heterocycles. The summed E-state index contributed by atoms with van der Waals surface area (Å²) in [6.07, 6.45) is -0.953. The molecule has 100 valence electrons. The van der Waals surface area contributed by atoms with Gasteiger partial charge in [-0.25, -0.2) is 4.39 Å². The van der Waals surface area contributed by atoms with Crippen LogP contribution in [0.15, 0.2) is 48.5 Å². The van der Waals surface area contributed by atoms with Crippen LogP contribution >= 0.6 is 0 Å². The molecule has 3 nitrogen and oxygen atoms in total. The minimum absolute atomic E-state index is 0.0316. The van der Waals surface area contributed by atoms with Gasteiger partial charge in [0.2, 0.25) is 0 Å². The van der Waals surface area contributed by atoms with Crippen molar-refractivity contribution in [3.05, 3.63) is 59.9 Å². The van der Waals surface area contributed by atoms with Crippen molar-refractivity contribution in [2.45, 2.75) is 6.10 Å². The van der Waals surface area contributed by atoms with Gasteiger partial charge in [0.1, 0.15) is 30.0 Å². The smallest absolute Gasteiger partial charge is 0.124 e. The van der Waals surface area contributed by atoms with Gasteiger partial charge in [0.25, 0.3) is 0 Å². The maximum absolute atomic E-state index is 13.2. The van der Waals surface area contributed by atoms with E-state index in [2.05, 4.69) is 0 Å². The third-order valence-corrected chi connectivity index (χ3v) is 2.70. The molecule has 2 aromatic carbocycles. The average molecular weight is 262 g/mol. The molecular weight excluding hydrogens is 247 g/mol. The minimum Gasteiger partial charge on any atom is -0.496 e. The fraction of sp³-hybridized carbons (Fsp3) is 0.200. The van der Waals surface area contributed by atoms with Crippen molar-refractivity contribution in [3.63, 3.8) is 0 Å². The average Bonchev–Trinajstić information content (AvgIpc) is 2.46. The fourth-order valence-corrected chi connectivity index (χ4v) is 1.75. The monoisotopic (exact) mass is 262 g/mol. The third-order valence-electron chi connectivity index (χ3n) is 2.70. The number of rotatable bonds is 5. The van der Waals surface area contributed by atoms with Crippen molar-refractivity contribution in [2.75, 3.05) is 13.7 Å². The van der Waals surface area contributed by atoms with Gasteiger partial charge in [-0.15, -0.1) is 0 Å². The summed E-state index contributed by atoms with van der Waals surface area (Å²) in [6.45, 7) is 0.0316. The molecule has 1 unspecified atom stereocenters. The first-order chi connectivity index (χ1) is 9.20. The highest BCUT2D eigenvalue weighted by Crippen LogP contribution is 2.26. The van der Waals surface area contributed by atoms with E-state index in [1.807, 2.05) is 18.2 Å². The van der Waals surface area contributed by atoms with E-state index in [1.54, 1.807) is 12.1 Å². The lowest BCUT2D eigenvalue weighted by Gasteiger charge is -2.15. The molecule has 4 heteroatoms. The molecule has 1 atom stereocenters. The lowest BCUT2D eigenvalue weighted by Crippen LogP contribution is -2.11. The quantitative estimate of drug-likeness (QED) is 0.900. The van der Waals surface area contributed by atoms with Gasteiger partial charge in [0, 0.05) is 5.56 Å². The number of aliphatic hydroxyl groups is 1. The lowest BCUT2D eigenvalue weighted by atomic mass is 10.1. The van der Waals surface area contributed by atoms with E-state index in [1.165, 1.54) is 25.3 Å². The maximum Gasteiger partial charge on any atom is 0.124 e. The Morgan fingerprint density at radius 1 is 1.16 bits per heavy atom. The molecule has 0 heterocycles. The van der Waals surface area contributed by atoms with E-state index >= 15 is 0 Å². The number of hydrogen-bond donors (Lipinski definition) is 1. The van der Waals surface area contributed by atoms with Gasteiger partial charge in [-0.3, -0.25) is 0 Å². The number of ether oxygens (including phenoxy) is 2. The predicted octanol–water partition coefficient (Wildman–Crippen LogP) is 2.95. The summed E-state index contributed by atoms with van der Waals surface area (Å²) in [7, 11) is 1.47. The van der Waals surface area contributed by atoms with Crippen molar-refractivity contribution in [1.82, 2.24) is 0 Å². The standard InChI is InChI=1S/C15H15FO3/c1-18-15-8-7-11(16)9-13(15)14(17)10-19-12-5-3-2-4-6-12/h2-9,14,17H,10H2,1H3. The van der Waals surface area contributed by atoms with Crippen LogP contribution in [0, 0.1) is 5.82 Å². The Balaban J connectivity index is 2.07. The zero-order chi connectivity index (χ0) is 13.7. The minimum atomic E-state index is -0.953. The van der Waals surface area contributed by atoms with E-state index < -0.39 is 11.9 Å². The number of hydrogen-bond acceptors (Lipinski definition) is 3. The van der Waals surface area contributed by atoms with Crippen molar-refractivity contribution in [2.24, 2.45) is 0 Å². The zero-order valence-corrected chi connectivity index (χ0v) is 10.5. The first kappa shape index (κ1) is 13.4. The van der Waals surface area contributed by atoms with Crippen LogP contribution in [-0.4, -0.2) is 18.8 Å². The molecule has 0 amide bonds. The highest BCUT2D eigenvalue weighted by atomic mass is 19.1. The van der Waals surface area contributed by atoms with Gasteiger partial charge in [-0.05, 0) is 30.3 Å². The van der Waals surface area contributed by atoms with Crippen LogP contribution in [-0.2, 0) is 0 Å². The summed E-state index contributed by atoms with van der Waals surface area (Å²) in [5.41, 5.74) is 0.374. The Labute approximate surface area is 111 Å². The Kier molecular flexibility index (Phi) is 4.36. The largest absolute Gasteiger partial charge is 0.496 e. The molecule has 0 aliphatic rings. The molecule has 1 N–H and O–H groups in total. The van der Waals surface area contributed by atoms with Crippen molar-refractivity contribution < 1.29 is 19.0 Å². The Bertz CT molecular complexity index is 528. The van der Waals surface area contributed by atoms with E-state index in [4.69, 9.17) is 9.47 Å². The third kappa shape index (κ3) is 3.45. The first-order valence-corrected chi connectivity index (χ1v) is 5.90. The van der Waals surface area contributed by atoms with Gasteiger partial charge >= 0.3 is 0 Å². The number of benzene rings is 2. The predicted molar refractivity (Wildman–Crippen MR) is 69.8 cm³/mol. The van der Waals surface area contributed by atoms with E-state index in [9.17, 15) is 9.50 Å². The fourth-order valence-electron chi connectivity index (χ4n) is 1.75. The Hall–Kier alpha value is -2.07. The highest BCUT2D eigenvalue weighted by Gasteiger charge is 2.15. The molecule has 0 saturated carbocycles. The molecule has 19 heavy (non-hydrogen) atoms. The topological polar surface area (TPSA) is 38.7 Å². The van der Waals surface area contributed by atoms with Crippen molar-refractivity contribution >= 4 is 0 Å². The number of para-hydroxylation sites is 1. The van der Waals surface area contributed by atoms with Crippen molar-refractivity contribution in [1.29, 1.82) is 0 Å². The van der Waals surface area contributed by atoms with Crippen LogP contribution in [0.3, 0.4) is 0 Å². The van der Waals surface area contributed by atoms with Gasteiger partial charge in [0.05, 0.1) is 7.11 Å². The second kappa shape index (κ2) is 6.20. The zero-order valence-electron chi connectivity index (χ0n) is 10.5. The second-order valence-corrected chi connectivity index (χ2v) is 4.03. The molecule has 0 bridgehead atoms. The summed E-state index contributed by atoms with van der Waals surface area (Å²) in [6, 6.07) is 13.1. The van der Waals surface area contributed by atoms with E-state index in [0.29, 0.717) is 17.1 Å². The molecule has 0 radical (unpaired) electrons. The summed E-state index contributed by atoms with van der Waals surface area (Å²) in [4.78, 5) is 0. The van der Waals surface area contributed by atoms with Gasteiger partial charge < -0.3 is 14.6 Å². The lowest BCUT2D eigenvalue weighted by molar-refractivity contribution is 0.105. The van der Waals surface area contributed by atoms with E-state index in [0.717, 1.165) is 0 Å². The Morgan fingerprint density at radius 2 is 1.89 bits per heavy atom. The molecule has 0 fully saturated rings. The number of halogens is 1. The van der Waals surface area contributed by atoms with Crippen LogP contribution in [0.2, 0.25) is 0 Å². The molecule has 2 rings (SSSR count). The van der Waals surface area contributed by atoms with Gasteiger partial charge in [-0.1, -0.05) is 18.2 Å². The van der Waals surface area contributed by atoms with E-state index in [-0.39, 0.29) is 6.61 Å². The molecule has 0 aliphatic heterocycles. The number of methoxy groups -OCH3 is 1. The summed E-state index contributed by atoms with van der Waals surface area (Å²) in [5.74, 6) is 0.664. The SMILES string of the molecule is COc1ccc(F)cc1C(O)COc1ccccc1. The highest BCUT2D eigenvalue weighted by molar-refractivity contribution is 5.36. The van der Waals surface area contributed by atoms with Crippen molar-refractivity contribution in [3.8, 4) is 11.5 Å². The number of aliphatic hydroxyl groups excluding tert-OH is 1. The molecule has 0 aromatic heterocycles. The molecule has 2 aromatic rings. The summed E-state index contributed by atoms with van der Waals surface area (Å²) < 4.78 is 23.7. The Morgan fingerprint density at radius 3 is 2.58 bits per heavy atom. The maximum atomic E-state index is 13.2. The normalized spacial score (nSPS) is 11.9. The molecule has 0 spiro atoms. The summed E-state index contributed by atoms with van der Waals surface area (Å²) in [5, 5.41) is 10.0.